The van der Waals surface area contributed by atoms with Crippen molar-refractivity contribution < 1.29 is 24.2 Å². The van der Waals surface area contributed by atoms with E-state index in [2.05, 4.69) is 5.32 Å². The maximum absolute atomic E-state index is 12.1. The van der Waals surface area contributed by atoms with E-state index in [1.54, 1.807) is 20.8 Å². The summed E-state index contributed by atoms with van der Waals surface area (Å²) in [6, 6.07) is -1.01. The van der Waals surface area contributed by atoms with E-state index in [4.69, 9.17) is 4.74 Å². The zero-order valence-corrected chi connectivity index (χ0v) is 11.9. The number of carbonyl (C=O) groups is 3. The second kappa shape index (κ2) is 4.64. The summed E-state index contributed by atoms with van der Waals surface area (Å²) in [6.07, 6.45) is 0.0176. The van der Waals surface area contributed by atoms with E-state index in [1.165, 1.54) is 4.90 Å². The van der Waals surface area contributed by atoms with Crippen LogP contribution in [0.15, 0.2) is 0 Å². The van der Waals surface area contributed by atoms with Crippen molar-refractivity contribution in [1.29, 1.82) is 0 Å². The van der Waals surface area contributed by atoms with Crippen LogP contribution < -0.4 is 5.32 Å². The molecule has 2 amide bonds. The minimum atomic E-state index is -1.10. The molecule has 20 heavy (non-hydrogen) atoms. The first-order valence-electron chi connectivity index (χ1n) is 6.65. The summed E-state index contributed by atoms with van der Waals surface area (Å²) in [7, 11) is 0. The molecule has 0 aliphatic carbocycles. The molecular formula is C13H20N2O5. The summed E-state index contributed by atoms with van der Waals surface area (Å²) in [5, 5.41) is 12.0. The first kappa shape index (κ1) is 14.6. The van der Waals surface area contributed by atoms with Gasteiger partial charge in [-0.1, -0.05) is 0 Å². The third kappa shape index (κ3) is 2.57. The Balaban J connectivity index is 2.20. The molecule has 0 aromatic rings. The molecule has 112 valence electrons. The lowest BCUT2D eigenvalue weighted by Gasteiger charge is -2.27. The lowest BCUT2D eigenvalue weighted by Crippen LogP contribution is -2.44. The number of rotatable bonds is 1. The van der Waals surface area contributed by atoms with Crippen LogP contribution in [0.3, 0.4) is 0 Å². The maximum atomic E-state index is 12.1. The molecule has 0 radical (unpaired) electrons. The molecular weight excluding hydrogens is 264 g/mol. The number of ether oxygens (including phenoxy) is 1. The van der Waals surface area contributed by atoms with Gasteiger partial charge in [0.1, 0.15) is 11.6 Å². The number of nitrogens with zero attached hydrogens (tertiary/aromatic N) is 1. The molecule has 0 unspecified atom stereocenters. The summed E-state index contributed by atoms with van der Waals surface area (Å²) < 4.78 is 5.23. The third-order valence-electron chi connectivity index (χ3n) is 3.72. The van der Waals surface area contributed by atoms with Crippen molar-refractivity contribution in [1.82, 2.24) is 10.2 Å². The van der Waals surface area contributed by atoms with E-state index < -0.39 is 29.1 Å². The quantitative estimate of drug-likeness (QED) is 0.734. The highest BCUT2D eigenvalue weighted by atomic mass is 16.6. The zero-order valence-electron chi connectivity index (χ0n) is 11.9. The number of hydrogen-bond acceptors (Lipinski definition) is 4. The smallest absolute Gasteiger partial charge is 0.411 e. The Morgan fingerprint density at radius 1 is 1.45 bits per heavy atom. The Hall–Kier alpha value is -1.79. The lowest BCUT2D eigenvalue weighted by atomic mass is 9.84. The van der Waals surface area contributed by atoms with Crippen LogP contribution in [-0.2, 0) is 14.3 Å². The molecule has 0 saturated carbocycles. The summed E-state index contributed by atoms with van der Waals surface area (Å²) in [5.41, 5.74) is -1.48. The van der Waals surface area contributed by atoms with E-state index in [0.29, 0.717) is 13.0 Å². The normalized spacial score (nSPS) is 29.6. The number of amides is 2. The molecule has 0 aromatic heterocycles. The fourth-order valence-corrected chi connectivity index (χ4v) is 2.78. The number of carboxylic acids is 1. The molecule has 7 nitrogen and oxygen atoms in total. The molecule has 7 heteroatoms. The van der Waals surface area contributed by atoms with Gasteiger partial charge in [0.15, 0.2) is 0 Å². The van der Waals surface area contributed by atoms with Crippen molar-refractivity contribution in [2.75, 3.05) is 13.1 Å². The van der Waals surface area contributed by atoms with Crippen LogP contribution in [0.4, 0.5) is 4.79 Å². The molecule has 2 fully saturated rings. The number of carbonyl (C=O) groups excluding carboxylic acids is 2. The standard InChI is InChI=1S/C13H20N2O5/c1-12(2,3)20-11(19)15-7-13(4-5-14-10(13)18)6-8(15)9(16)17/h8H,4-7H2,1-3H3,(H,14,18)(H,16,17)/t8-,13-/m0/s1. The summed E-state index contributed by atoms with van der Waals surface area (Å²) in [6.45, 7) is 5.77. The number of likely N-dealkylation sites (tertiary alicyclic amines) is 1. The Morgan fingerprint density at radius 3 is 2.55 bits per heavy atom. The van der Waals surface area contributed by atoms with Gasteiger partial charge in [-0.05, 0) is 33.6 Å². The van der Waals surface area contributed by atoms with Gasteiger partial charge in [-0.15, -0.1) is 0 Å². The summed E-state index contributed by atoms with van der Waals surface area (Å²) in [4.78, 5) is 36.6. The van der Waals surface area contributed by atoms with Crippen LogP contribution in [-0.4, -0.2) is 52.7 Å². The molecule has 0 aromatic carbocycles. The highest BCUT2D eigenvalue weighted by Gasteiger charge is 2.55. The van der Waals surface area contributed by atoms with Crippen LogP contribution >= 0.6 is 0 Å². The molecule has 2 aliphatic rings. The van der Waals surface area contributed by atoms with Crippen molar-refractivity contribution in [3.05, 3.63) is 0 Å². The van der Waals surface area contributed by atoms with Gasteiger partial charge in [0, 0.05) is 13.1 Å². The molecule has 2 heterocycles. The molecule has 1 spiro atoms. The largest absolute Gasteiger partial charge is 0.480 e. The van der Waals surface area contributed by atoms with E-state index >= 15 is 0 Å². The van der Waals surface area contributed by atoms with Gasteiger partial charge < -0.3 is 15.2 Å². The topological polar surface area (TPSA) is 95.9 Å². The Kier molecular flexibility index (Phi) is 3.39. The van der Waals surface area contributed by atoms with Crippen molar-refractivity contribution in [2.45, 2.75) is 45.3 Å². The number of carboxylic acid groups (broad SMARTS) is 1. The fraction of sp³-hybridized carbons (Fsp3) is 0.769. The minimum Gasteiger partial charge on any atom is -0.480 e. The van der Waals surface area contributed by atoms with Crippen LogP contribution in [0, 0.1) is 5.41 Å². The Labute approximate surface area is 117 Å². The van der Waals surface area contributed by atoms with Crippen molar-refractivity contribution in [3.8, 4) is 0 Å². The monoisotopic (exact) mass is 284 g/mol. The van der Waals surface area contributed by atoms with Crippen molar-refractivity contribution in [2.24, 2.45) is 5.41 Å². The minimum absolute atomic E-state index is 0.102. The molecule has 2 atom stereocenters. The molecule has 2 saturated heterocycles. The lowest BCUT2D eigenvalue weighted by molar-refractivity contribution is -0.142. The maximum Gasteiger partial charge on any atom is 0.411 e. The molecule has 2 aliphatic heterocycles. The molecule has 2 rings (SSSR count). The van der Waals surface area contributed by atoms with Crippen molar-refractivity contribution in [3.63, 3.8) is 0 Å². The van der Waals surface area contributed by atoms with E-state index in [-0.39, 0.29) is 18.9 Å². The first-order valence-corrected chi connectivity index (χ1v) is 6.65. The predicted molar refractivity (Wildman–Crippen MR) is 69.0 cm³/mol. The predicted octanol–water partition coefficient (Wildman–Crippen LogP) is 0.587. The first-order chi connectivity index (χ1) is 9.15. The Morgan fingerprint density at radius 2 is 2.10 bits per heavy atom. The highest BCUT2D eigenvalue weighted by Crippen LogP contribution is 2.41. The second-order valence-electron chi connectivity index (χ2n) is 6.45. The van der Waals surface area contributed by atoms with Crippen molar-refractivity contribution >= 4 is 18.0 Å². The molecule has 2 N–H and O–H groups in total. The number of aliphatic carboxylic acids is 1. The van der Waals surface area contributed by atoms with E-state index in [0.717, 1.165) is 0 Å². The number of hydrogen-bond donors (Lipinski definition) is 2. The number of nitrogens with one attached hydrogen (secondary N) is 1. The molecule has 0 bridgehead atoms. The van der Waals surface area contributed by atoms with Gasteiger partial charge in [0.2, 0.25) is 5.91 Å². The van der Waals surface area contributed by atoms with E-state index in [1.807, 2.05) is 0 Å². The van der Waals surface area contributed by atoms with Crippen LogP contribution in [0.25, 0.3) is 0 Å². The van der Waals surface area contributed by atoms with Crippen LogP contribution in [0.5, 0.6) is 0 Å². The van der Waals surface area contributed by atoms with E-state index in [9.17, 15) is 19.5 Å². The van der Waals surface area contributed by atoms with Gasteiger partial charge in [-0.2, -0.15) is 0 Å². The fourth-order valence-electron chi connectivity index (χ4n) is 2.78. The summed E-state index contributed by atoms with van der Waals surface area (Å²) in [5.74, 6) is -1.28. The summed E-state index contributed by atoms with van der Waals surface area (Å²) >= 11 is 0. The zero-order chi connectivity index (χ0) is 15.1. The van der Waals surface area contributed by atoms with Gasteiger partial charge >= 0.3 is 12.1 Å². The van der Waals surface area contributed by atoms with Crippen LogP contribution in [0.1, 0.15) is 33.6 Å². The Bertz CT molecular complexity index is 456. The van der Waals surface area contributed by atoms with Gasteiger partial charge in [0.05, 0.1) is 5.41 Å². The average Bonchev–Trinajstić information content (AvgIpc) is 2.83. The second-order valence-corrected chi connectivity index (χ2v) is 6.45. The van der Waals surface area contributed by atoms with Gasteiger partial charge in [0.25, 0.3) is 0 Å². The average molecular weight is 284 g/mol. The third-order valence-corrected chi connectivity index (χ3v) is 3.72. The SMILES string of the molecule is CC(C)(C)OC(=O)N1C[C@]2(CCNC2=O)C[C@H]1C(=O)O. The van der Waals surface area contributed by atoms with Gasteiger partial charge in [-0.25, -0.2) is 9.59 Å². The van der Waals surface area contributed by atoms with Gasteiger partial charge in [-0.3, -0.25) is 9.69 Å². The van der Waals surface area contributed by atoms with Crippen LogP contribution in [0.2, 0.25) is 0 Å². The highest BCUT2D eigenvalue weighted by molar-refractivity contribution is 5.89.